The fourth-order valence-electron chi connectivity index (χ4n) is 2.03. The van der Waals surface area contributed by atoms with Crippen molar-refractivity contribution in [1.29, 1.82) is 0 Å². The lowest BCUT2D eigenvalue weighted by atomic mass is 9.95. The van der Waals surface area contributed by atoms with Gasteiger partial charge in [-0.25, -0.2) is 4.79 Å². The van der Waals surface area contributed by atoms with Crippen LogP contribution in [-0.4, -0.2) is 21.5 Å². The highest BCUT2D eigenvalue weighted by Gasteiger charge is 2.48. The zero-order valence-corrected chi connectivity index (χ0v) is 11.8. The zero-order valence-electron chi connectivity index (χ0n) is 10.2. The van der Waals surface area contributed by atoms with Gasteiger partial charge in [-0.3, -0.25) is 10.1 Å². The van der Waals surface area contributed by atoms with Crippen molar-refractivity contribution in [1.82, 2.24) is 0 Å². The van der Waals surface area contributed by atoms with E-state index in [1.807, 2.05) is 0 Å². The summed E-state index contributed by atoms with van der Waals surface area (Å²) in [5.41, 5.74) is -1.08. The van der Waals surface area contributed by atoms with Gasteiger partial charge in [0.25, 0.3) is 5.69 Å². The highest BCUT2D eigenvalue weighted by Crippen LogP contribution is 2.43. The number of halogens is 1. The maximum Gasteiger partial charge on any atom is 0.329 e. The minimum Gasteiger partial charge on any atom is -0.480 e. The van der Waals surface area contributed by atoms with Crippen LogP contribution in [0.25, 0.3) is 0 Å². The molecule has 1 unspecified atom stereocenters. The molecule has 2 N–H and O–H groups in total. The van der Waals surface area contributed by atoms with Crippen LogP contribution in [-0.2, 0) is 4.79 Å². The average molecular weight is 329 g/mol. The van der Waals surface area contributed by atoms with E-state index < -0.39 is 16.4 Å². The number of anilines is 1. The Labute approximate surface area is 118 Å². The van der Waals surface area contributed by atoms with Gasteiger partial charge in [0.15, 0.2) is 0 Å². The highest BCUT2D eigenvalue weighted by molar-refractivity contribution is 9.10. The molecule has 0 heterocycles. The number of nitrogens with zero attached hydrogens (tertiary/aromatic N) is 1. The van der Waals surface area contributed by atoms with Crippen LogP contribution < -0.4 is 5.32 Å². The van der Waals surface area contributed by atoms with Crippen LogP contribution in [0.1, 0.15) is 19.8 Å². The summed E-state index contributed by atoms with van der Waals surface area (Å²) in [7, 11) is 0. The van der Waals surface area contributed by atoms with Gasteiger partial charge in [-0.05, 0) is 37.8 Å². The van der Waals surface area contributed by atoms with E-state index >= 15 is 0 Å². The molecular weight excluding hydrogens is 316 g/mol. The number of carboxylic acids is 1. The largest absolute Gasteiger partial charge is 0.480 e. The Morgan fingerprint density at radius 3 is 2.68 bits per heavy atom. The van der Waals surface area contributed by atoms with Crippen LogP contribution in [0.5, 0.6) is 0 Å². The number of hydrogen-bond acceptors (Lipinski definition) is 4. The molecule has 7 heteroatoms. The van der Waals surface area contributed by atoms with Crippen molar-refractivity contribution in [2.45, 2.75) is 25.3 Å². The Bertz CT molecular complexity index is 545. The standard InChI is InChI=1S/C12H13BrN2O4/c1-12(11(16)17,7-2-3-7)14-9-5-4-8(13)6-10(9)15(18)19/h4-7,14H,2-3H2,1H3,(H,16,17). The Kier molecular flexibility index (Phi) is 3.49. The lowest BCUT2D eigenvalue weighted by Crippen LogP contribution is -2.45. The van der Waals surface area contributed by atoms with E-state index in [1.54, 1.807) is 13.0 Å². The number of carbonyl (C=O) groups is 1. The van der Waals surface area contributed by atoms with E-state index in [1.165, 1.54) is 12.1 Å². The summed E-state index contributed by atoms with van der Waals surface area (Å²) < 4.78 is 0.577. The van der Waals surface area contributed by atoms with Crippen LogP contribution in [0, 0.1) is 16.0 Å². The molecule has 19 heavy (non-hydrogen) atoms. The Balaban J connectivity index is 2.37. The number of rotatable bonds is 5. The van der Waals surface area contributed by atoms with Gasteiger partial charge in [0.2, 0.25) is 0 Å². The van der Waals surface area contributed by atoms with Crippen LogP contribution in [0.4, 0.5) is 11.4 Å². The first-order valence-electron chi connectivity index (χ1n) is 5.80. The molecule has 0 amide bonds. The molecule has 0 aliphatic heterocycles. The molecule has 1 aliphatic rings. The van der Waals surface area contributed by atoms with Crippen LogP contribution in [0.15, 0.2) is 22.7 Å². The van der Waals surface area contributed by atoms with E-state index in [4.69, 9.17) is 0 Å². The number of aliphatic carboxylic acids is 1. The van der Waals surface area contributed by atoms with Crippen LogP contribution >= 0.6 is 15.9 Å². The first kappa shape index (κ1) is 13.8. The Morgan fingerprint density at radius 2 is 2.21 bits per heavy atom. The second-order valence-corrected chi connectivity index (χ2v) is 5.74. The van der Waals surface area contributed by atoms with E-state index in [9.17, 15) is 20.0 Å². The molecule has 102 valence electrons. The third-order valence-electron chi connectivity index (χ3n) is 3.39. The van der Waals surface area contributed by atoms with Crippen LogP contribution in [0.2, 0.25) is 0 Å². The topological polar surface area (TPSA) is 92.5 Å². The molecule has 1 aliphatic carbocycles. The summed E-state index contributed by atoms with van der Waals surface area (Å²) in [6.07, 6.45) is 1.64. The zero-order chi connectivity index (χ0) is 14.2. The molecule has 0 saturated heterocycles. The van der Waals surface area contributed by atoms with Gasteiger partial charge in [0.1, 0.15) is 11.2 Å². The smallest absolute Gasteiger partial charge is 0.329 e. The first-order valence-corrected chi connectivity index (χ1v) is 6.59. The third-order valence-corrected chi connectivity index (χ3v) is 3.88. The molecule has 0 spiro atoms. The summed E-state index contributed by atoms with van der Waals surface area (Å²) >= 11 is 3.17. The Hall–Kier alpha value is -1.63. The van der Waals surface area contributed by atoms with Crippen molar-refractivity contribution in [2.24, 2.45) is 5.92 Å². The summed E-state index contributed by atoms with van der Waals surface area (Å²) in [5.74, 6) is -0.986. The molecule has 6 nitrogen and oxygen atoms in total. The molecular formula is C12H13BrN2O4. The van der Waals surface area contributed by atoms with Gasteiger partial charge >= 0.3 is 5.97 Å². The lowest BCUT2D eigenvalue weighted by molar-refractivity contribution is -0.384. The molecule has 0 bridgehead atoms. The normalized spacial score (nSPS) is 17.6. The molecule has 0 aromatic heterocycles. The molecule has 1 fully saturated rings. The van der Waals surface area contributed by atoms with Crippen molar-refractivity contribution in [3.05, 3.63) is 32.8 Å². The summed E-state index contributed by atoms with van der Waals surface area (Å²) in [4.78, 5) is 21.9. The second-order valence-electron chi connectivity index (χ2n) is 4.83. The minimum absolute atomic E-state index is 0.00764. The molecule has 1 aromatic carbocycles. The van der Waals surface area contributed by atoms with Crippen molar-refractivity contribution >= 4 is 33.3 Å². The monoisotopic (exact) mass is 328 g/mol. The number of benzene rings is 1. The van der Waals surface area contributed by atoms with Crippen molar-refractivity contribution in [2.75, 3.05) is 5.32 Å². The van der Waals surface area contributed by atoms with Gasteiger partial charge in [0.05, 0.1) is 4.92 Å². The lowest BCUT2D eigenvalue weighted by Gasteiger charge is -2.27. The SMILES string of the molecule is CC(Nc1ccc(Br)cc1[N+](=O)[O-])(C(=O)O)C1CC1. The minimum atomic E-state index is -1.17. The number of nitro groups is 1. The molecule has 0 radical (unpaired) electrons. The van der Waals surface area contributed by atoms with Gasteiger partial charge in [-0.1, -0.05) is 15.9 Å². The maximum absolute atomic E-state index is 11.4. The van der Waals surface area contributed by atoms with Gasteiger partial charge in [0, 0.05) is 10.5 Å². The van der Waals surface area contributed by atoms with E-state index in [2.05, 4.69) is 21.2 Å². The van der Waals surface area contributed by atoms with Gasteiger partial charge in [-0.2, -0.15) is 0 Å². The van der Waals surface area contributed by atoms with E-state index in [-0.39, 0.29) is 17.3 Å². The van der Waals surface area contributed by atoms with Gasteiger partial charge < -0.3 is 10.4 Å². The number of carboxylic acid groups (broad SMARTS) is 1. The van der Waals surface area contributed by atoms with Crippen molar-refractivity contribution in [3.63, 3.8) is 0 Å². The Morgan fingerprint density at radius 1 is 1.58 bits per heavy atom. The fourth-order valence-corrected chi connectivity index (χ4v) is 2.38. The second kappa shape index (κ2) is 4.80. The number of hydrogen-bond donors (Lipinski definition) is 2. The van der Waals surface area contributed by atoms with Gasteiger partial charge in [-0.15, -0.1) is 0 Å². The summed E-state index contributed by atoms with van der Waals surface area (Å²) in [6.45, 7) is 1.57. The molecule has 1 atom stereocenters. The highest BCUT2D eigenvalue weighted by atomic mass is 79.9. The maximum atomic E-state index is 11.4. The number of nitro benzene ring substituents is 1. The third kappa shape index (κ3) is 2.70. The van der Waals surface area contributed by atoms with Crippen molar-refractivity contribution < 1.29 is 14.8 Å². The number of nitrogens with one attached hydrogen (secondary N) is 1. The molecule has 1 aromatic rings. The predicted molar refractivity (Wildman–Crippen MR) is 73.2 cm³/mol. The molecule has 2 rings (SSSR count). The summed E-state index contributed by atoms with van der Waals surface area (Å²) in [5, 5.41) is 23.2. The van der Waals surface area contributed by atoms with Crippen LogP contribution in [0.3, 0.4) is 0 Å². The first-order chi connectivity index (χ1) is 8.84. The molecule has 1 saturated carbocycles. The van der Waals surface area contributed by atoms with E-state index in [0.29, 0.717) is 4.47 Å². The van der Waals surface area contributed by atoms with E-state index in [0.717, 1.165) is 12.8 Å². The average Bonchev–Trinajstić information content (AvgIpc) is 3.15. The van der Waals surface area contributed by atoms with Crippen molar-refractivity contribution in [3.8, 4) is 0 Å². The summed E-state index contributed by atoms with van der Waals surface area (Å²) in [6, 6.07) is 4.52. The predicted octanol–water partition coefficient (Wildman–Crippen LogP) is 3.02. The fraction of sp³-hybridized carbons (Fsp3) is 0.417. The quantitative estimate of drug-likeness (QED) is 0.640.